The summed E-state index contributed by atoms with van der Waals surface area (Å²) < 4.78 is 5.20. The monoisotopic (exact) mass is 366 g/mol. The Morgan fingerprint density at radius 1 is 1.33 bits per heavy atom. The first-order valence-corrected chi connectivity index (χ1v) is 8.79. The largest absolute Gasteiger partial charge is 0.463 e. The van der Waals surface area contributed by atoms with Crippen molar-refractivity contribution in [1.82, 2.24) is 10.3 Å². The lowest BCUT2D eigenvalue weighted by Gasteiger charge is -2.20. The zero-order valence-electron chi connectivity index (χ0n) is 13.7. The molecule has 1 aromatic heterocycles. The van der Waals surface area contributed by atoms with Gasteiger partial charge in [0.1, 0.15) is 4.88 Å². The van der Waals surface area contributed by atoms with E-state index in [-0.39, 0.29) is 18.4 Å². The topological polar surface area (TPSA) is 68.3 Å². The zero-order chi connectivity index (χ0) is 17.7. The summed E-state index contributed by atoms with van der Waals surface area (Å²) in [6.07, 6.45) is -0.213. The number of aryl methyl sites for hydroxylation is 1. The first-order valence-electron chi connectivity index (χ1n) is 7.53. The van der Waals surface area contributed by atoms with Gasteiger partial charge in [-0.1, -0.05) is 29.8 Å². The van der Waals surface area contributed by atoms with Gasteiger partial charge in [-0.25, -0.2) is 4.98 Å². The predicted octanol–water partition coefficient (Wildman–Crippen LogP) is 3.92. The van der Waals surface area contributed by atoms with Crippen LogP contribution in [-0.4, -0.2) is 23.0 Å². The maximum absolute atomic E-state index is 12.5. The van der Waals surface area contributed by atoms with Gasteiger partial charge < -0.3 is 10.1 Å². The Labute approximate surface area is 150 Å². The zero-order valence-corrected chi connectivity index (χ0v) is 15.3. The molecular formula is C17H19ClN2O3S. The van der Waals surface area contributed by atoms with Crippen molar-refractivity contribution < 1.29 is 14.3 Å². The first kappa shape index (κ1) is 18.4. The van der Waals surface area contributed by atoms with Gasteiger partial charge in [0, 0.05) is 5.02 Å². The van der Waals surface area contributed by atoms with Crippen LogP contribution in [0.3, 0.4) is 0 Å². The molecule has 1 atom stereocenters. The van der Waals surface area contributed by atoms with E-state index >= 15 is 0 Å². The Bertz CT molecular complexity index is 730. The molecule has 0 spiro atoms. The molecule has 0 aliphatic rings. The van der Waals surface area contributed by atoms with Gasteiger partial charge in [0.15, 0.2) is 0 Å². The van der Waals surface area contributed by atoms with E-state index in [0.717, 1.165) is 0 Å². The second-order valence-corrected chi connectivity index (χ2v) is 6.82. The number of aromatic nitrogens is 1. The lowest BCUT2D eigenvalue weighted by atomic mass is 10.0. The molecule has 0 fully saturated rings. The fourth-order valence-corrected chi connectivity index (χ4v) is 3.19. The quantitative estimate of drug-likeness (QED) is 0.787. The second-order valence-electron chi connectivity index (χ2n) is 5.56. The molecule has 0 bridgehead atoms. The van der Waals surface area contributed by atoms with Crippen LogP contribution in [0.25, 0.3) is 0 Å². The maximum atomic E-state index is 12.5. The highest BCUT2D eigenvalue weighted by atomic mass is 35.5. The van der Waals surface area contributed by atoms with Crippen molar-refractivity contribution in [3.05, 3.63) is 50.9 Å². The van der Waals surface area contributed by atoms with E-state index in [1.807, 2.05) is 6.07 Å². The van der Waals surface area contributed by atoms with Gasteiger partial charge in [-0.2, -0.15) is 0 Å². The van der Waals surface area contributed by atoms with Gasteiger partial charge >= 0.3 is 5.97 Å². The number of nitrogens with one attached hydrogen (secondary N) is 1. The molecule has 1 amide bonds. The number of nitrogens with zero attached hydrogens (tertiary/aromatic N) is 1. The van der Waals surface area contributed by atoms with Crippen molar-refractivity contribution in [2.45, 2.75) is 39.3 Å². The lowest BCUT2D eigenvalue weighted by molar-refractivity contribution is -0.147. The molecule has 128 valence electrons. The van der Waals surface area contributed by atoms with Gasteiger partial charge in [-0.3, -0.25) is 9.59 Å². The summed E-state index contributed by atoms with van der Waals surface area (Å²) in [4.78, 5) is 29.1. The second kappa shape index (κ2) is 8.26. The highest BCUT2D eigenvalue weighted by Crippen LogP contribution is 2.26. The van der Waals surface area contributed by atoms with E-state index in [0.29, 0.717) is 21.2 Å². The van der Waals surface area contributed by atoms with Crippen molar-refractivity contribution >= 4 is 34.8 Å². The van der Waals surface area contributed by atoms with E-state index in [1.54, 1.807) is 44.5 Å². The van der Waals surface area contributed by atoms with E-state index in [1.165, 1.54) is 11.3 Å². The van der Waals surface area contributed by atoms with Crippen molar-refractivity contribution in [3.63, 3.8) is 0 Å². The SMILES string of the molecule is Cc1ncsc1C(=O)N[C@H](CC(=O)OC(C)C)c1ccccc1Cl. The molecule has 0 aliphatic carbocycles. The van der Waals surface area contributed by atoms with Crippen molar-refractivity contribution in [2.75, 3.05) is 0 Å². The summed E-state index contributed by atoms with van der Waals surface area (Å²) in [6.45, 7) is 5.33. The molecule has 5 nitrogen and oxygen atoms in total. The van der Waals surface area contributed by atoms with Crippen LogP contribution >= 0.6 is 22.9 Å². The molecule has 1 heterocycles. The molecule has 1 N–H and O–H groups in total. The summed E-state index contributed by atoms with van der Waals surface area (Å²) in [5.74, 6) is -0.673. The maximum Gasteiger partial charge on any atom is 0.308 e. The van der Waals surface area contributed by atoms with Crippen LogP contribution in [0.15, 0.2) is 29.8 Å². The van der Waals surface area contributed by atoms with Crippen LogP contribution in [-0.2, 0) is 9.53 Å². The minimum absolute atomic E-state index is 0.00546. The number of amides is 1. The van der Waals surface area contributed by atoms with Gasteiger partial charge in [-0.05, 0) is 32.4 Å². The smallest absolute Gasteiger partial charge is 0.308 e. The number of carbonyl (C=O) groups excluding carboxylic acids is 2. The Balaban J connectivity index is 2.23. The third-order valence-corrected chi connectivity index (χ3v) is 4.55. The van der Waals surface area contributed by atoms with Gasteiger partial charge in [-0.15, -0.1) is 11.3 Å². The molecule has 2 aromatic rings. The van der Waals surface area contributed by atoms with E-state index in [4.69, 9.17) is 16.3 Å². The first-order chi connectivity index (χ1) is 11.4. The van der Waals surface area contributed by atoms with Gasteiger partial charge in [0.05, 0.1) is 29.8 Å². The third kappa shape index (κ3) is 4.79. The molecule has 0 unspecified atom stereocenters. The van der Waals surface area contributed by atoms with Gasteiger partial charge in [0.2, 0.25) is 0 Å². The molecule has 0 aliphatic heterocycles. The fourth-order valence-electron chi connectivity index (χ4n) is 2.22. The van der Waals surface area contributed by atoms with Crippen molar-refractivity contribution in [3.8, 4) is 0 Å². The van der Waals surface area contributed by atoms with Crippen LogP contribution in [0.4, 0.5) is 0 Å². The minimum Gasteiger partial charge on any atom is -0.463 e. The number of halogens is 1. The number of ether oxygens (including phenoxy) is 1. The van der Waals surface area contributed by atoms with Crippen LogP contribution in [0.1, 0.15) is 47.2 Å². The number of rotatable bonds is 6. The predicted molar refractivity (Wildman–Crippen MR) is 94.4 cm³/mol. The average molecular weight is 367 g/mol. The van der Waals surface area contributed by atoms with E-state index < -0.39 is 12.0 Å². The lowest BCUT2D eigenvalue weighted by Crippen LogP contribution is -2.31. The average Bonchev–Trinajstić information content (AvgIpc) is 2.92. The summed E-state index contributed by atoms with van der Waals surface area (Å²) in [5, 5.41) is 3.35. The number of thiazole rings is 1. The number of hydrogen-bond donors (Lipinski definition) is 1. The molecule has 2 rings (SSSR count). The van der Waals surface area contributed by atoms with Crippen molar-refractivity contribution in [2.24, 2.45) is 0 Å². The molecule has 0 radical (unpaired) electrons. The number of carbonyl (C=O) groups is 2. The van der Waals surface area contributed by atoms with Crippen LogP contribution in [0.5, 0.6) is 0 Å². The summed E-state index contributed by atoms with van der Waals surface area (Å²) in [7, 11) is 0. The fraction of sp³-hybridized carbons (Fsp3) is 0.353. The molecule has 24 heavy (non-hydrogen) atoms. The van der Waals surface area contributed by atoms with Gasteiger partial charge in [0.25, 0.3) is 5.91 Å². The Morgan fingerprint density at radius 2 is 2.04 bits per heavy atom. The molecule has 0 saturated heterocycles. The van der Waals surface area contributed by atoms with E-state index in [9.17, 15) is 9.59 Å². The molecular weight excluding hydrogens is 348 g/mol. The molecule has 7 heteroatoms. The minimum atomic E-state index is -0.570. The highest BCUT2D eigenvalue weighted by molar-refractivity contribution is 7.11. The van der Waals surface area contributed by atoms with Crippen molar-refractivity contribution in [1.29, 1.82) is 0 Å². The van der Waals surface area contributed by atoms with Crippen LogP contribution in [0.2, 0.25) is 5.02 Å². The normalized spacial score (nSPS) is 12.0. The number of hydrogen-bond acceptors (Lipinski definition) is 5. The van der Waals surface area contributed by atoms with Crippen LogP contribution in [0, 0.1) is 6.92 Å². The summed E-state index contributed by atoms with van der Waals surface area (Å²) >= 11 is 7.49. The number of esters is 1. The Morgan fingerprint density at radius 3 is 2.62 bits per heavy atom. The van der Waals surface area contributed by atoms with E-state index in [2.05, 4.69) is 10.3 Å². The summed E-state index contributed by atoms with van der Waals surface area (Å²) in [6, 6.07) is 6.55. The third-order valence-electron chi connectivity index (χ3n) is 3.28. The Hall–Kier alpha value is -1.92. The van der Waals surface area contributed by atoms with Crippen LogP contribution < -0.4 is 5.32 Å². The Kier molecular flexibility index (Phi) is 6.34. The molecule has 0 saturated carbocycles. The number of benzene rings is 1. The molecule has 1 aromatic carbocycles. The standard InChI is InChI=1S/C17H19ClN2O3S/c1-10(2)23-15(21)8-14(12-6-4-5-7-13(12)18)20-17(22)16-11(3)19-9-24-16/h4-7,9-10,14H,8H2,1-3H3,(H,20,22)/t14-/m1/s1. The highest BCUT2D eigenvalue weighted by Gasteiger charge is 2.23. The summed E-state index contributed by atoms with van der Waals surface area (Å²) in [5.41, 5.74) is 2.94.